The Morgan fingerprint density at radius 3 is 2.75 bits per heavy atom. The van der Waals surface area contributed by atoms with E-state index in [2.05, 4.69) is 5.32 Å². The van der Waals surface area contributed by atoms with Crippen molar-refractivity contribution in [3.05, 3.63) is 69.3 Å². The van der Waals surface area contributed by atoms with Crippen LogP contribution in [0.15, 0.2) is 42.5 Å². The molecule has 1 heterocycles. The molecule has 8 heteroatoms. The molecule has 0 spiro atoms. The van der Waals surface area contributed by atoms with E-state index in [1.165, 1.54) is 12.1 Å². The van der Waals surface area contributed by atoms with E-state index >= 15 is 0 Å². The number of benzene rings is 2. The van der Waals surface area contributed by atoms with Gasteiger partial charge >= 0.3 is 0 Å². The second kappa shape index (κ2) is 8.43. The van der Waals surface area contributed by atoms with E-state index < -0.39 is 4.92 Å². The summed E-state index contributed by atoms with van der Waals surface area (Å²) in [4.78, 5) is 47.4. The van der Waals surface area contributed by atoms with Crippen LogP contribution in [0, 0.1) is 10.1 Å². The summed E-state index contributed by atoms with van der Waals surface area (Å²) in [6.07, 6.45) is 1.49. The fourth-order valence-corrected chi connectivity index (χ4v) is 3.24. The molecule has 8 nitrogen and oxygen atoms in total. The van der Waals surface area contributed by atoms with E-state index in [-0.39, 0.29) is 36.8 Å². The van der Waals surface area contributed by atoms with Crippen LogP contribution >= 0.6 is 0 Å². The van der Waals surface area contributed by atoms with Crippen molar-refractivity contribution in [2.75, 3.05) is 18.0 Å². The highest BCUT2D eigenvalue weighted by Gasteiger charge is 2.20. The number of para-hydroxylation sites is 1. The number of hydrogen-bond acceptors (Lipinski definition) is 5. The lowest BCUT2D eigenvalue weighted by atomic mass is 10.0. The first-order valence-corrected chi connectivity index (χ1v) is 8.86. The van der Waals surface area contributed by atoms with Crippen LogP contribution in [-0.4, -0.2) is 36.1 Å². The highest BCUT2D eigenvalue weighted by molar-refractivity contribution is 5.97. The second-order valence-corrected chi connectivity index (χ2v) is 6.48. The van der Waals surface area contributed by atoms with Crippen LogP contribution in [0.3, 0.4) is 0 Å². The van der Waals surface area contributed by atoms with Crippen molar-refractivity contribution in [2.45, 2.75) is 19.3 Å². The van der Waals surface area contributed by atoms with E-state index in [9.17, 15) is 24.5 Å². The van der Waals surface area contributed by atoms with Crippen LogP contribution in [0.25, 0.3) is 0 Å². The highest BCUT2D eigenvalue weighted by atomic mass is 16.6. The van der Waals surface area contributed by atoms with E-state index in [4.69, 9.17) is 0 Å². The molecular formula is C20H19N3O5. The quantitative estimate of drug-likeness (QED) is 0.326. The van der Waals surface area contributed by atoms with Crippen molar-refractivity contribution >= 4 is 29.5 Å². The molecule has 0 aromatic heterocycles. The van der Waals surface area contributed by atoms with E-state index in [1.54, 1.807) is 35.2 Å². The molecule has 2 aromatic rings. The van der Waals surface area contributed by atoms with Gasteiger partial charge in [-0.3, -0.25) is 24.5 Å². The highest BCUT2D eigenvalue weighted by Crippen LogP contribution is 2.28. The van der Waals surface area contributed by atoms with Crippen LogP contribution in [0.5, 0.6) is 0 Å². The van der Waals surface area contributed by atoms with Crippen LogP contribution in [-0.2, 0) is 22.4 Å². The Morgan fingerprint density at radius 1 is 1.21 bits per heavy atom. The Kier molecular flexibility index (Phi) is 5.78. The van der Waals surface area contributed by atoms with Crippen molar-refractivity contribution in [3.63, 3.8) is 0 Å². The molecule has 0 radical (unpaired) electrons. The molecule has 3 rings (SSSR count). The average molecular weight is 381 g/mol. The fraction of sp³-hybridized carbons (Fsp3) is 0.250. The molecule has 0 saturated heterocycles. The van der Waals surface area contributed by atoms with E-state index in [1.807, 2.05) is 0 Å². The maximum absolute atomic E-state index is 12.4. The Balaban J connectivity index is 1.53. The minimum absolute atomic E-state index is 0.101. The third-order valence-corrected chi connectivity index (χ3v) is 4.67. The van der Waals surface area contributed by atoms with Gasteiger partial charge < -0.3 is 10.2 Å². The van der Waals surface area contributed by atoms with Crippen LogP contribution < -0.4 is 10.2 Å². The molecule has 2 amide bonds. The van der Waals surface area contributed by atoms with Gasteiger partial charge in [-0.25, -0.2) is 0 Å². The number of rotatable bonds is 8. The average Bonchev–Trinajstić information content (AvgIpc) is 3.10. The van der Waals surface area contributed by atoms with Gasteiger partial charge in [0.15, 0.2) is 5.78 Å². The summed E-state index contributed by atoms with van der Waals surface area (Å²) in [5.74, 6) is -0.490. The Morgan fingerprint density at radius 2 is 2.00 bits per heavy atom. The smallest absolute Gasteiger partial charge is 0.273 e. The number of anilines is 1. The molecule has 1 aliphatic heterocycles. The molecule has 2 aromatic carbocycles. The topological polar surface area (TPSA) is 110 Å². The summed E-state index contributed by atoms with van der Waals surface area (Å²) < 4.78 is 0. The lowest BCUT2D eigenvalue weighted by molar-refractivity contribution is -0.385. The molecule has 0 fully saturated rings. The van der Waals surface area contributed by atoms with E-state index in [0.717, 1.165) is 17.7 Å². The number of nitrogens with zero attached hydrogens (tertiary/aromatic N) is 2. The van der Waals surface area contributed by atoms with Crippen LogP contribution in [0.1, 0.15) is 27.9 Å². The number of amides is 2. The molecule has 28 heavy (non-hydrogen) atoms. The minimum Gasteiger partial charge on any atom is -0.355 e. The number of ketones is 1. The summed E-state index contributed by atoms with van der Waals surface area (Å²) >= 11 is 0. The number of Topliss-reactive ketones (excluding diaryl/α,β-unsaturated/α-hetero) is 1. The monoisotopic (exact) mass is 381 g/mol. The molecule has 0 aliphatic carbocycles. The lowest BCUT2D eigenvalue weighted by Gasteiger charge is -2.10. The maximum atomic E-state index is 12.4. The first kappa shape index (κ1) is 19.2. The standard InChI is InChI=1S/C20H19N3O5/c24-13-22-10-8-15-11-16(5-6-17(15)22)19(25)7-9-21-20(26)12-14-3-1-2-4-18(14)23(27)28/h1-6,11,13H,7-10,12H2,(H,21,26). The van der Waals surface area contributed by atoms with Crippen LogP contribution in [0.4, 0.5) is 11.4 Å². The van der Waals surface area contributed by atoms with Crippen molar-refractivity contribution in [3.8, 4) is 0 Å². The van der Waals surface area contributed by atoms with Crippen LogP contribution in [0.2, 0.25) is 0 Å². The predicted octanol–water partition coefficient (Wildman–Crippen LogP) is 2.05. The van der Waals surface area contributed by atoms with Crippen molar-refractivity contribution in [1.29, 1.82) is 0 Å². The number of hydrogen-bond donors (Lipinski definition) is 1. The third kappa shape index (κ3) is 4.22. The zero-order valence-corrected chi connectivity index (χ0v) is 15.1. The number of nitro groups is 1. The molecule has 0 unspecified atom stereocenters. The molecule has 0 bridgehead atoms. The second-order valence-electron chi connectivity index (χ2n) is 6.48. The summed E-state index contributed by atoms with van der Waals surface area (Å²) in [7, 11) is 0. The number of nitrogens with one attached hydrogen (secondary N) is 1. The Hall–Kier alpha value is -3.55. The Labute approximate surface area is 161 Å². The Bertz CT molecular complexity index is 941. The predicted molar refractivity (Wildman–Crippen MR) is 102 cm³/mol. The normalized spacial score (nSPS) is 12.4. The zero-order valence-electron chi connectivity index (χ0n) is 15.1. The lowest BCUT2D eigenvalue weighted by Crippen LogP contribution is -2.27. The number of carbonyl (C=O) groups is 3. The van der Waals surface area contributed by atoms with Crippen molar-refractivity contribution in [2.24, 2.45) is 0 Å². The first-order valence-electron chi connectivity index (χ1n) is 8.86. The van der Waals surface area contributed by atoms with Gasteiger partial charge in [0.05, 0.1) is 11.3 Å². The zero-order chi connectivity index (χ0) is 20.1. The van der Waals surface area contributed by atoms with Crippen molar-refractivity contribution < 1.29 is 19.3 Å². The van der Waals surface area contributed by atoms with Crippen molar-refractivity contribution in [1.82, 2.24) is 5.32 Å². The van der Waals surface area contributed by atoms with Gasteiger partial charge in [-0.2, -0.15) is 0 Å². The van der Waals surface area contributed by atoms with Gasteiger partial charge in [0.1, 0.15) is 0 Å². The van der Waals surface area contributed by atoms with Gasteiger partial charge in [-0.1, -0.05) is 18.2 Å². The number of carbonyl (C=O) groups excluding carboxylic acids is 3. The third-order valence-electron chi connectivity index (χ3n) is 4.67. The molecule has 0 atom stereocenters. The molecule has 1 aliphatic rings. The maximum Gasteiger partial charge on any atom is 0.273 e. The number of nitro benzene ring substituents is 1. The number of fused-ring (bicyclic) bond motifs is 1. The molecular weight excluding hydrogens is 362 g/mol. The molecule has 1 N–H and O–H groups in total. The fourth-order valence-electron chi connectivity index (χ4n) is 3.24. The molecule has 0 saturated carbocycles. The summed E-state index contributed by atoms with van der Waals surface area (Å²) in [6, 6.07) is 11.3. The van der Waals surface area contributed by atoms with Gasteiger partial charge in [-0.15, -0.1) is 0 Å². The summed E-state index contributed by atoms with van der Waals surface area (Å²) in [5.41, 5.74) is 2.55. The first-order chi connectivity index (χ1) is 13.5. The summed E-state index contributed by atoms with van der Waals surface area (Å²) in [6.45, 7) is 0.758. The van der Waals surface area contributed by atoms with Gasteiger partial charge in [0.2, 0.25) is 12.3 Å². The van der Waals surface area contributed by atoms with E-state index in [0.29, 0.717) is 24.1 Å². The van der Waals surface area contributed by atoms with Gasteiger partial charge in [-0.05, 0) is 30.2 Å². The SMILES string of the molecule is O=CN1CCc2cc(C(=O)CCNC(=O)Cc3ccccc3[N+](=O)[O-])ccc21. The minimum atomic E-state index is -0.522. The van der Waals surface area contributed by atoms with Gasteiger partial charge in [0.25, 0.3) is 5.69 Å². The molecule has 144 valence electrons. The van der Waals surface area contributed by atoms with Gasteiger partial charge in [0, 0.05) is 42.4 Å². The summed E-state index contributed by atoms with van der Waals surface area (Å²) in [5, 5.41) is 13.6. The largest absolute Gasteiger partial charge is 0.355 e.